The van der Waals surface area contributed by atoms with Crippen molar-refractivity contribution in [3.05, 3.63) is 29.8 Å². The Labute approximate surface area is 149 Å². The zero-order valence-corrected chi connectivity index (χ0v) is 15.0. The summed E-state index contributed by atoms with van der Waals surface area (Å²) >= 11 is 0. The van der Waals surface area contributed by atoms with E-state index < -0.39 is 0 Å². The zero-order chi connectivity index (χ0) is 17.8. The van der Waals surface area contributed by atoms with Gasteiger partial charge in [-0.1, -0.05) is 0 Å². The molecule has 1 aromatic carbocycles. The van der Waals surface area contributed by atoms with E-state index in [1.807, 2.05) is 36.1 Å². The maximum absolute atomic E-state index is 12.4. The minimum Gasteiger partial charge on any atom is -0.376 e. The van der Waals surface area contributed by atoms with Crippen molar-refractivity contribution in [2.24, 2.45) is 0 Å². The molecule has 2 aliphatic heterocycles. The van der Waals surface area contributed by atoms with Gasteiger partial charge in [-0.05, 0) is 51.0 Å². The van der Waals surface area contributed by atoms with Crippen molar-refractivity contribution < 1.29 is 14.3 Å². The molecule has 1 N–H and O–H groups in total. The van der Waals surface area contributed by atoms with Gasteiger partial charge >= 0.3 is 6.03 Å². The highest BCUT2D eigenvalue weighted by Crippen LogP contribution is 2.19. The number of piperazine rings is 1. The fourth-order valence-corrected chi connectivity index (χ4v) is 3.45. The zero-order valence-electron chi connectivity index (χ0n) is 15.0. The van der Waals surface area contributed by atoms with Crippen LogP contribution in [0.25, 0.3) is 0 Å². The lowest BCUT2D eigenvalue weighted by molar-refractivity contribution is 0.0831. The van der Waals surface area contributed by atoms with Gasteiger partial charge in [-0.3, -0.25) is 4.79 Å². The highest BCUT2D eigenvalue weighted by Gasteiger charge is 2.27. The van der Waals surface area contributed by atoms with Crippen LogP contribution in [0.2, 0.25) is 0 Å². The van der Waals surface area contributed by atoms with Crippen molar-refractivity contribution in [3.63, 3.8) is 0 Å². The lowest BCUT2D eigenvalue weighted by atomic mass is 10.1. The topological polar surface area (TPSA) is 61.9 Å². The number of rotatable bonds is 4. The third-order valence-electron chi connectivity index (χ3n) is 5.08. The van der Waals surface area contributed by atoms with Crippen molar-refractivity contribution in [2.75, 3.05) is 37.7 Å². The number of carbonyl (C=O) groups is 2. The second-order valence-corrected chi connectivity index (χ2v) is 6.87. The number of anilines is 1. The number of nitrogens with zero attached hydrogens (tertiary/aromatic N) is 2. The molecule has 0 spiro atoms. The SMILES string of the molecule is CC(=O)c1ccc(N2CCN(C(=O)N[C@H](C)[C@@H]3CCCO3)CC2)cc1. The van der Waals surface area contributed by atoms with E-state index in [9.17, 15) is 9.59 Å². The average molecular weight is 345 g/mol. The molecule has 25 heavy (non-hydrogen) atoms. The fraction of sp³-hybridized carbons (Fsp3) is 0.579. The average Bonchev–Trinajstić information content (AvgIpc) is 3.17. The molecule has 0 unspecified atom stereocenters. The molecule has 2 heterocycles. The fourth-order valence-electron chi connectivity index (χ4n) is 3.45. The van der Waals surface area contributed by atoms with E-state index in [0.29, 0.717) is 13.1 Å². The Morgan fingerprint density at radius 3 is 2.40 bits per heavy atom. The van der Waals surface area contributed by atoms with Crippen LogP contribution in [-0.4, -0.2) is 61.6 Å². The number of ether oxygens (including phenoxy) is 1. The van der Waals surface area contributed by atoms with Crippen LogP contribution in [0.3, 0.4) is 0 Å². The lowest BCUT2D eigenvalue weighted by Crippen LogP contribution is -2.54. The van der Waals surface area contributed by atoms with Crippen molar-refractivity contribution in [3.8, 4) is 0 Å². The van der Waals surface area contributed by atoms with Crippen LogP contribution in [0.1, 0.15) is 37.0 Å². The number of benzene rings is 1. The first-order valence-corrected chi connectivity index (χ1v) is 9.07. The molecule has 0 bridgehead atoms. The largest absolute Gasteiger partial charge is 0.376 e. The number of hydrogen-bond acceptors (Lipinski definition) is 4. The molecule has 0 radical (unpaired) electrons. The molecule has 0 aliphatic carbocycles. The van der Waals surface area contributed by atoms with Crippen molar-refractivity contribution in [1.82, 2.24) is 10.2 Å². The molecule has 2 amide bonds. The Balaban J connectivity index is 1.49. The smallest absolute Gasteiger partial charge is 0.317 e. The maximum atomic E-state index is 12.4. The number of hydrogen-bond donors (Lipinski definition) is 1. The number of ketones is 1. The van der Waals surface area contributed by atoms with Gasteiger partial charge in [0.25, 0.3) is 0 Å². The minimum absolute atomic E-state index is 0.00502. The van der Waals surface area contributed by atoms with Gasteiger partial charge in [0.05, 0.1) is 12.1 Å². The molecule has 6 heteroatoms. The Hall–Kier alpha value is -2.08. The molecule has 3 rings (SSSR count). The Morgan fingerprint density at radius 2 is 1.84 bits per heavy atom. The monoisotopic (exact) mass is 345 g/mol. The van der Waals surface area contributed by atoms with Gasteiger partial charge in [0.1, 0.15) is 0 Å². The molecule has 0 aromatic heterocycles. The summed E-state index contributed by atoms with van der Waals surface area (Å²) in [6, 6.07) is 7.72. The highest BCUT2D eigenvalue weighted by atomic mass is 16.5. The number of amides is 2. The van der Waals surface area contributed by atoms with Crippen molar-refractivity contribution in [1.29, 1.82) is 0 Å². The number of carbonyl (C=O) groups excluding carboxylic acids is 2. The second kappa shape index (κ2) is 7.87. The van der Waals surface area contributed by atoms with Crippen LogP contribution in [0.15, 0.2) is 24.3 Å². The molecule has 1 aromatic rings. The summed E-state index contributed by atoms with van der Waals surface area (Å²) in [7, 11) is 0. The normalized spacial score (nSPS) is 21.9. The molecule has 2 fully saturated rings. The van der Waals surface area contributed by atoms with Gasteiger partial charge in [0.2, 0.25) is 0 Å². The summed E-state index contributed by atoms with van der Waals surface area (Å²) in [5.74, 6) is 0.0772. The molecule has 6 nitrogen and oxygen atoms in total. The van der Waals surface area contributed by atoms with Gasteiger partial charge in [-0.25, -0.2) is 4.79 Å². The maximum Gasteiger partial charge on any atom is 0.317 e. The molecule has 2 aliphatic rings. The van der Waals surface area contributed by atoms with Crippen molar-refractivity contribution >= 4 is 17.5 Å². The van der Waals surface area contributed by atoms with E-state index in [1.165, 1.54) is 0 Å². The highest BCUT2D eigenvalue weighted by molar-refractivity contribution is 5.94. The van der Waals surface area contributed by atoms with Crippen LogP contribution in [-0.2, 0) is 4.74 Å². The number of nitrogens with one attached hydrogen (secondary N) is 1. The quantitative estimate of drug-likeness (QED) is 0.851. The van der Waals surface area contributed by atoms with E-state index in [1.54, 1.807) is 6.92 Å². The third kappa shape index (κ3) is 4.31. The first kappa shape index (κ1) is 17.7. The van der Waals surface area contributed by atoms with E-state index >= 15 is 0 Å². The molecule has 2 atom stereocenters. The van der Waals surface area contributed by atoms with Crippen LogP contribution in [0.4, 0.5) is 10.5 Å². The standard InChI is InChI=1S/C19H27N3O3/c1-14(18-4-3-13-25-18)20-19(24)22-11-9-21(10-12-22)17-7-5-16(6-8-17)15(2)23/h5-8,14,18H,3-4,9-13H2,1-2H3,(H,20,24)/t14-,18+/m1/s1. The summed E-state index contributed by atoms with van der Waals surface area (Å²) in [4.78, 5) is 27.9. The molecule has 2 saturated heterocycles. The Kier molecular flexibility index (Phi) is 5.58. The summed E-state index contributed by atoms with van der Waals surface area (Å²) < 4.78 is 5.64. The lowest BCUT2D eigenvalue weighted by Gasteiger charge is -2.37. The predicted molar refractivity (Wildman–Crippen MR) is 97.2 cm³/mol. The predicted octanol–water partition coefficient (Wildman–Crippen LogP) is 2.29. The summed E-state index contributed by atoms with van der Waals surface area (Å²) in [6.07, 6.45) is 2.24. The van der Waals surface area contributed by atoms with Crippen molar-refractivity contribution in [2.45, 2.75) is 38.8 Å². The van der Waals surface area contributed by atoms with Gasteiger partial charge in [0, 0.05) is 44.0 Å². The number of urea groups is 1. The first-order valence-electron chi connectivity index (χ1n) is 9.07. The molecule has 0 saturated carbocycles. The second-order valence-electron chi connectivity index (χ2n) is 6.87. The third-order valence-corrected chi connectivity index (χ3v) is 5.08. The van der Waals surface area contributed by atoms with E-state index in [2.05, 4.69) is 10.2 Å². The Morgan fingerprint density at radius 1 is 1.16 bits per heavy atom. The minimum atomic E-state index is -0.00502. The molecule has 136 valence electrons. The summed E-state index contributed by atoms with van der Waals surface area (Å²) in [6.45, 7) is 7.36. The van der Waals surface area contributed by atoms with Crippen LogP contribution >= 0.6 is 0 Å². The molecular formula is C19H27N3O3. The Bertz CT molecular complexity index is 603. The van der Waals surface area contributed by atoms with Gasteiger partial charge < -0.3 is 19.9 Å². The van der Waals surface area contributed by atoms with Gasteiger partial charge in [-0.15, -0.1) is 0 Å². The molecular weight excluding hydrogens is 318 g/mol. The van der Waals surface area contributed by atoms with Crippen LogP contribution in [0, 0.1) is 0 Å². The number of Topliss-reactive ketones (excluding diaryl/α,β-unsaturated/α-hetero) is 1. The van der Waals surface area contributed by atoms with Crippen LogP contribution in [0.5, 0.6) is 0 Å². The summed E-state index contributed by atoms with van der Waals surface area (Å²) in [5, 5.41) is 3.07. The van der Waals surface area contributed by atoms with E-state index in [4.69, 9.17) is 4.74 Å². The van der Waals surface area contributed by atoms with Crippen LogP contribution < -0.4 is 10.2 Å². The van der Waals surface area contributed by atoms with E-state index in [-0.39, 0.29) is 24.0 Å². The summed E-state index contributed by atoms with van der Waals surface area (Å²) in [5.41, 5.74) is 1.82. The van der Waals surface area contributed by atoms with Gasteiger partial charge in [-0.2, -0.15) is 0 Å². The van der Waals surface area contributed by atoms with E-state index in [0.717, 1.165) is 43.8 Å². The first-order chi connectivity index (χ1) is 12.0. The van der Waals surface area contributed by atoms with Gasteiger partial charge in [0.15, 0.2) is 5.78 Å².